The van der Waals surface area contributed by atoms with E-state index >= 15 is 0 Å². The molecule has 0 saturated carbocycles. The Kier molecular flexibility index (Phi) is 5.67. The van der Waals surface area contributed by atoms with Gasteiger partial charge in [0.25, 0.3) is 0 Å². The van der Waals surface area contributed by atoms with Gasteiger partial charge < -0.3 is 20.1 Å². The van der Waals surface area contributed by atoms with Gasteiger partial charge in [-0.25, -0.2) is 4.99 Å². The largest absolute Gasteiger partial charge is 0.504 e. The van der Waals surface area contributed by atoms with Crippen LogP contribution in [0.3, 0.4) is 0 Å². The number of nitrogens with zero attached hydrogens (tertiary/aromatic N) is 2. The maximum Gasteiger partial charge on any atom is 0.234 e. The second kappa shape index (κ2) is 8.14. The van der Waals surface area contributed by atoms with Crippen molar-refractivity contribution in [1.82, 2.24) is 4.48 Å². The first-order valence-electron chi connectivity index (χ1n) is 8.72. The number of aromatic nitrogens is 1. The van der Waals surface area contributed by atoms with Gasteiger partial charge in [-0.05, 0) is 73.6 Å². The maximum absolute atomic E-state index is 9.90. The molecule has 0 bridgehead atoms. The molecule has 1 aliphatic heterocycles. The van der Waals surface area contributed by atoms with Crippen LogP contribution in [0.1, 0.15) is 24.6 Å². The van der Waals surface area contributed by atoms with E-state index in [0.29, 0.717) is 18.7 Å². The van der Waals surface area contributed by atoms with Crippen LogP contribution in [-0.4, -0.2) is 36.9 Å². The minimum absolute atomic E-state index is 0.106. The molecule has 0 amide bonds. The quantitative estimate of drug-likeness (QED) is 0.778. The molecule has 0 aliphatic carbocycles. The van der Waals surface area contributed by atoms with E-state index in [9.17, 15) is 5.11 Å². The maximum atomic E-state index is 9.90. The molecule has 0 spiro atoms. The van der Waals surface area contributed by atoms with E-state index in [4.69, 9.17) is 23.4 Å². The van der Waals surface area contributed by atoms with E-state index in [1.165, 1.54) is 7.11 Å². The Hall–Kier alpha value is -2.99. The molecule has 2 heterocycles. The van der Waals surface area contributed by atoms with Crippen molar-refractivity contribution < 1.29 is 9.84 Å². The molecule has 0 atom stereocenters. The van der Waals surface area contributed by atoms with Crippen molar-refractivity contribution in [1.29, 1.82) is 0 Å². The van der Waals surface area contributed by atoms with Gasteiger partial charge in [0.15, 0.2) is 11.5 Å². The number of benzene rings is 1. The molecule has 2 aromatic rings. The number of methoxy groups -OCH3 is 1. The highest BCUT2D eigenvalue weighted by Gasteiger charge is 2.16. The van der Waals surface area contributed by atoms with Gasteiger partial charge in [-0.1, -0.05) is 12.1 Å². The molecule has 6 heteroatoms. The van der Waals surface area contributed by atoms with Gasteiger partial charge in [0.05, 0.1) is 18.5 Å². The minimum Gasteiger partial charge on any atom is -0.504 e. The zero-order chi connectivity index (χ0) is 19.4. The van der Waals surface area contributed by atoms with E-state index in [1.54, 1.807) is 22.8 Å². The van der Waals surface area contributed by atoms with Crippen molar-refractivity contribution in [2.75, 3.05) is 13.7 Å². The highest BCUT2D eigenvalue weighted by Crippen LogP contribution is 2.31. The van der Waals surface area contributed by atoms with Crippen LogP contribution >= 0.6 is 0 Å². The van der Waals surface area contributed by atoms with Crippen molar-refractivity contribution in [3.05, 3.63) is 71.2 Å². The Bertz CT molecular complexity index is 968. The predicted molar refractivity (Wildman–Crippen MR) is 111 cm³/mol. The summed E-state index contributed by atoms with van der Waals surface area (Å²) in [4.78, 5) is 4.76. The van der Waals surface area contributed by atoms with Crippen LogP contribution in [0.25, 0.3) is 11.6 Å². The SMILES string of the molecule is [B]n1cccc1/C(CCN)=C1N=C(/C=C/c2ccc(OC)c(O)c2)C=C\1C. The van der Waals surface area contributed by atoms with Crippen molar-refractivity contribution in [3.8, 4) is 11.5 Å². The molecule has 5 nitrogen and oxygen atoms in total. The normalized spacial score (nSPS) is 15.8. The molecule has 0 unspecified atom stereocenters. The third-order valence-electron chi connectivity index (χ3n) is 4.40. The summed E-state index contributed by atoms with van der Waals surface area (Å²) < 4.78 is 6.66. The van der Waals surface area contributed by atoms with Crippen molar-refractivity contribution in [2.45, 2.75) is 13.3 Å². The summed E-state index contributed by atoms with van der Waals surface area (Å²) in [5.74, 6) is 0.553. The standard InChI is InChI=1S/C21H22BN3O2/c1-14-12-16(7-5-15-6-8-20(27-2)19(26)13-15)24-21(14)17(9-10-23)18-4-3-11-25(18)22/h3-8,11-13,26H,9-10,23H2,1-2H3/b7-5+,21-17-. The van der Waals surface area contributed by atoms with E-state index in [1.807, 2.05) is 43.4 Å². The molecule has 3 N–H and O–H groups in total. The Morgan fingerprint density at radius 2 is 2.15 bits per heavy atom. The summed E-state index contributed by atoms with van der Waals surface area (Å²) in [6.07, 6.45) is 8.34. The average Bonchev–Trinajstić information content (AvgIpc) is 3.23. The fourth-order valence-corrected chi connectivity index (χ4v) is 3.08. The first kappa shape index (κ1) is 18.8. The fourth-order valence-electron chi connectivity index (χ4n) is 3.08. The van der Waals surface area contributed by atoms with E-state index in [2.05, 4.69) is 0 Å². The molecule has 1 aromatic heterocycles. The highest BCUT2D eigenvalue weighted by atomic mass is 16.5. The van der Waals surface area contributed by atoms with Crippen molar-refractivity contribution in [3.63, 3.8) is 0 Å². The Morgan fingerprint density at radius 3 is 2.78 bits per heavy atom. The van der Waals surface area contributed by atoms with Crippen LogP contribution in [0.2, 0.25) is 0 Å². The monoisotopic (exact) mass is 359 g/mol. The molecule has 3 rings (SSSR count). The number of aliphatic imine (C=N–C) groups is 1. The first-order valence-corrected chi connectivity index (χ1v) is 8.72. The molecule has 2 radical (unpaired) electrons. The van der Waals surface area contributed by atoms with Gasteiger partial charge in [-0.15, -0.1) is 0 Å². The molecule has 0 fully saturated rings. The third kappa shape index (κ3) is 4.06. The lowest BCUT2D eigenvalue weighted by molar-refractivity contribution is 0.373. The fraction of sp³-hybridized carbons (Fsp3) is 0.190. The molecule has 136 valence electrons. The molecule has 1 aromatic carbocycles. The highest BCUT2D eigenvalue weighted by molar-refractivity contribution is 6.11. The number of ether oxygens (including phenoxy) is 1. The molecular formula is C21H22BN3O2. The van der Waals surface area contributed by atoms with Gasteiger partial charge in [0.2, 0.25) is 7.98 Å². The molecular weight excluding hydrogens is 337 g/mol. The number of aromatic hydroxyl groups is 1. The summed E-state index contributed by atoms with van der Waals surface area (Å²) in [7, 11) is 7.54. The van der Waals surface area contributed by atoms with Gasteiger partial charge >= 0.3 is 0 Å². The van der Waals surface area contributed by atoms with Gasteiger partial charge in [0, 0.05) is 11.3 Å². The second-order valence-corrected chi connectivity index (χ2v) is 6.30. The van der Waals surface area contributed by atoms with Crippen LogP contribution in [0.4, 0.5) is 0 Å². The number of allylic oxidation sites excluding steroid dienone is 3. The number of rotatable bonds is 6. The van der Waals surface area contributed by atoms with Crippen LogP contribution in [0, 0.1) is 0 Å². The van der Waals surface area contributed by atoms with E-state index < -0.39 is 0 Å². The summed E-state index contributed by atoms with van der Waals surface area (Å²) in [6.45, 7) is 2.54. The molecule has 0 saturated heterocycles. The summed E-state index contributed by atoms with van der Waals surface area (Å²) in [6, 6.07) is 9.13. The average molecular weight is 359 g/mol. The number of nitrogens with two attached hydrogens (primary N) is 1. The van der Waals surface area contributed by atoms with Crippen LogP contribution < -0.4 is 10.5 Å². The summed E-state index contributed by atoms with van der Waals surface area (Å²) in [5.41, 5.74) is 11.4. The summed E-state index contributed by atoms with van der Waals surface area (Å²) >= 11 is 0. The zero-order valence-electron chi connectivity index (χ0n) is 15.5. The predicted octanol–water partition coefficient (Wildman–Crippen LogP) is 3.31. The zero-order valence-corrected chi connectivity index (χ0v) is 15.5. The first-order chi connectivity index (χ1) is 13.0. The molecule has 27 heavy (non-hydrogen) atoms. The number of hydrogen-bond acceptors (Lipinski definition) is 4. The van der Waals surface area contributed by atoms with Gasteiger partial charge in [-0.2, -0.15) is 0 Å². The van der Waals surface area contributed by atoms with Gasteiger partial charge in [-0.3, -0.25) is 0 Å². The second-order valence-electron chi connectivity index (χ2n) is 6.30. The third-order valence-corrected chi connectivity index (χ3v) is 4.40. The minimum atomic E-state index is 0.106. The Morgan fingerprint density at radius 1 is 1.33 bits per heavy atom. The van der Waals surface area contributed by atoms with E-state index in [0.717, 1.165) is 33.8 Å². The lowest BCUT2D eigenvalue weighted by Gasteiger charge is -2.11. The smallest absolute Gasteiger partial charge is 0.234 e. The van der Waals surface area contributed by atoms with E-state index in [-0.39, 0.29) is 5.75 Å². The van der Waals surface area contributed by atoms with Crippen molar-refractivity contribution in [2.24, 2.45) is 10.7 Å². The van der Waals surface area contributed by atoms with Crippen LogP contribution in [0.15, 0.2) is 64.9 Å². The lowest BCUT2D eigenvalue weighted by Crippen LogP contribution is -2.05. The van der Waals surface area contributed by atoms with Crippen LogP contribution in [0.5, 0.6) is 11.5 Å². The number of phenols is 1. The Labute approximate surface area is 160 Å². The lowest BCUT2D eigenvalue weighted by atomic mass is 10.0. The topological polar surface area (TPSA) is 72.8 Å². The Balaban J connectivity index is 1.92. The van der Waals surface area contributed by atoms with Gasteiger partial charge in [0.1, 0.15) is 0 Å². The van der Waals surface area contributed by atoms with Crippen molar-refractivity contribution >= 4 is 25.3 Å². The van der Waals surface area contributed by atoms with Crippen LogP contribution in [-0.2, 0) is 0 Å². The summed E-state index contributed by atoms with van der Waals surface area (Å²) in [5, 5.41) is 9.90. The number of hydrogen-bond donors (Lipinski definition) is 2. The number of phenolic OH excluding ortho intramolecular Hbond substituents is 1. The molecule has 1 aliphatic rings.